The van der Waals surface area contributed by atoms with Crippen LogP contribution in [0.4, 0.5) is 4.39 Å². The Morgan fingerprint density at radius 3 is 2.89 bits per heavy atom. The van der Waals surface area contributed by atoms with Gasteiger partial charge >= 0.3 is 0 Å². The third-order valence-electron chi connectivity index (χ3n) is 2.97. The van der Waals surface area contributed by atoms with Crippen molar-refractivity contribution in [3.8, 4) is 5.75 Å². The second kappa shape index (κ2) is 6.18. The first-order valence-electron chi connectivity index (χ1n) is 6.02. The molecule has 0 radical (unpaired) electrons. The zero-order chi connectivity index (χ0) is 13.0. The molecule has 2 rings (SSSR count). The Balaban J connectivity index is 1.83. The summed E-state index contributed by atoms with van der Waals surface area (Å²) in [7, 11) is 0. The Kier molecular flexibility index (Phi) is 4.58. The van der Waals surface area contributed by atoms with Crippen LogP contribution in [0.5, 0.6) is 5.75 Å². The van der Waals surface area contributed by atoms with Gasteiger partial charge in [-0.25, -0.2) is 4.39 Å². The summed E-state index contributed by atoms with van der Waals surface area (Å²) in [5.74, 6) is -0.570. The molecule has 1 N–H and O–H groups in total. The van der Waals surface area contributed by atoms with E-state index >= 15 is 0 Å². The van der Waals surface area contributed by atoms with Crippen molar-refractivity contribution in [1.29, 1.82) is 0 Å². The van der Waals surface area contributed by atoms with Crippen molar-refractivity contribution >= 4 is 21.8 Å². The molecule has 0 atom stereocenters. The molecule has 5 heteroatoms. The van der Waals surface area contributed by atoms with E-state index in [1.54, 1.807) is 6.07 Å². The van der Waals surface area contributed by atoms with Crippen molar-refractivity contribution in [2.24, 2.45) is 0 Å². The van der Waals surface area contributed by atoms with Gasteiger partial charge in [-0.05, 0) is 31.0 Å². The van der Waals surface area contributed by atoms with Gasteiger partial charge in [0.1, 0.15) is 0 Å². The van der Waals surface area contributed by atoms with Gasteiger partial charge < -0.3 is 10.1 Å². The molecule has 3 nitrogen and oxygen atoms in total. The molecule has 0 saturated heterocycles. The van der Waals surface area contributed by atoms with E-state index in [4.69, 9.17) is 4.74 Å². The predicted octanol–water partition coefficient (Wildman–Crippen LogP) is 3.03. The Labute approximate surface area is 114 Å². The first kappa shape index (κ1) is 13.3. The molecule has 1 aliphatic rings. The normalized spacial score (nSPS) is 15.7. The van der Waals surface area contributed by atoms with E-state index in [1.165, 1.54) is 12.1 Å². The number of carbonyl (C=O) groups is 1. The van der Waals surface area contributed by atoms with Gasteiger partial charge in [0.05, 0.1) is 0 Å². The van der Waals surface area contributed by atoms with Crippen LogP contribution in [0.3, 0.4) is 0 Å². The molecule has 1 aliphatic carbocycles. The fraction of sp³-hybridized carbons (Fsp3) is 0.462. The fourth-order valence-corrected chi connectivity index (χ4v) is 2.41. The monoisotopic (exact) mass is 315 g/mol. The van der Waals surface area contributed by atoms with Gasteiger partial charge in [0.2, 0.25) is 0 Å². The summed E-state index contributed by atoms with van der Waals surface area (Å²) in [6.45, 7) is -0.149. The molecule has 0 heterocycles. The average Bonchev–Trinajstić information content (AvgIpc) is 2.83. The van der Waals surface area contributed by atoms with Crippen molar-refractivity contribution < 1.29 is 13.9 Å². The first-order chi connectivity index (χ1) is 8.65. The van der Waals surface area contributed by atoms with E-state index in [2.05, 4.69) is 21.2 Å². The molecule has 98 valence electrons. The molecule has 0 unspecified atom stereocenters. The fourth-order valence-electron chi connectivity index (χ4n) is 2.07. The molecule has 1 fully saturated rings. The molecule has 1 aromatic carbocycles. The van der Waals surface area contributed by atoms with Crippen molar-refractivity contribution in [2.75, 3.05) is 6.61 Å². The number of amides is 1. The third-order valence-corrected chi connectivity index (χ3v) is 3.47. The maximum atomic E-state index is 13.3. The van der Waals surface area contributed by atoms with Crippen LogP contribution >= 0.6 is 15.9 Å². The average molecular weight is 316 g/mol. The van der Waals surface area contributed by atoms with E-state index in [-0.39, 0.29) is 24.3 Å². The molecular weight excluding hydrogens is 301 g/mol. The summed E-state index contributed by atoms with van der Waals surface area (Å²) >= 11 is 3.23. The van der Waals surface area contributed by atoms with Gasteiger partial charge in [-0.2, -0.15) is 0 Å². The van der Waals surface area contributed by atoms with Crippen LogP contribution < -0.4 is 10.1 Å². The van der Waals surface area contributed by atoms with Crippen LogP contribution in [0.2, 0.25) is 0 Å². The Morgan fingerprint density at radius 1 is 1.44 bits per heavy atom. The highest BCUT2D eigenvalue weighted by Gasteiger charge is 2.17. The van der Waals surface area contributed by atoms with Crippen LogP contribution in [0.1, 0.15) is 25.7 Å². The second-order valence-corrected chi connectivity index (χ2v) is 5.33. The van der Waals surface area contributed by atoms with Crippen LogP contribution in [-0.2, 0) is 4.79 Å². The minimum Gasteiger partial charge on any atom is -0.481 e. The molecule has 1 aromatic rings. The quantitative estimate of drug-likeness (QED) is 0.927. The molecule has 18 heavy (non-hydrogen) atoms. The molecule has 0 aromatic heterocycles. The van der Waals surface area contributed by atoms with Gasteiger partial charge in [-0.3, -0.25) is 4.79 Å². The number of halogens is 2. The number of rotatable bonds is 4. The topological polar surface area (TPSA) is 38.3 Å². The van der Waals surface area contributed by atoms with Gasteiger partial charge in [0.15, 0.2) is 18.2 Å². The summed E-state index contributed by atoms with van der Waals surface area (Å²) < 4.78 is 19.2. The SMILES string of the molecule is O=C(COc1cc(Br)ccc1F)NC1CCCC1. The van der Waals surface area contributed by atoms with Crippen LogP contribution in [0.25, 0.3) is 0 Å². The highest BCUT2D eigenvalue weighted by Crippen LogP contribution is 2.22. The van der Waals surface area contributed by atoms with Gasteiger partial charge in [0, 0.05) is 10.5 Å². The van der Waals surface area contributed by atoms with Crippen molar-refractivity contribution in [1.82, 2.24) is 5.32 Å². The van der Waals surface area contributed by atoms with Crippen LogP contribution in [-0.4, -0.2) is 18.6 Å². The lowest BCUT2D eigenvalue weighted by Gasteiger charge is -2.12. The van der Waals surface area contributed by atoms with E-state index < -0.39 is 5.82 Å². The van der Waals surface area contributed by atoms with Crippen molar-refractivity contribution in [2.45, 2.75) is 31.7 Å². The molecule has 0 bridgehead atoms. The summed E-state index contributed by atoms with van der Waals surface area (Å²) in [5, 5.41) is 2.89. The summed E-state index contributed by atoms with van der Waals surface area (Å²) in [6.07, 6.45) is 4.37. The zero-order valence-corrected chi connectivity index (χ0v) is 11.5. The minimum atomic E-state index is -0.466. The number of hydrogen-bond donors (Lipinski definition) is 1. The molecule has 1 amide bonds. The number of hydrogen-bond acceptors (Lipinski definition) is 2. The number of nitrogens with one attached hydrogen (secondary N) is 1. The van der Waals surface area contributed by atoms with E-state index in [0.29, 0.717) is 0 Å². The Morgan fingerprint density at radius 2 is 2.17 bits per heavy atom. The first-order valence-corrected chi connectivity index (χ1v) is 6.81. The number of carbonyl (C=O) groups excluding carboxylic acids is 1. The maximum absolute atomic E-state index is 13.3. The standard InChI is InChI=1S/C13H15BrFNO2/c14-9-5-6-11(15)12(7-9)18-8-13(17)16-10-3-1-2-4-10/h5-7,10H,1-4,8H2,(H,16,17). The van der Waals surface area contributed by atoms with E-state index in [0.717, 1.165) is 30.2 Å². The highest BCUT2D eigenvalue weighted by molar-refractivity contribution is 9.10. The lowest BCUT2D eigenvalue weighted by molar-refractivity contribution is -0.123. The maximum Gasteiger partial charge on any atom is 0.258 e. The zero-order valence-electron chi connectivity index (χ0n) is 9.92. The Bertz CT molecular complexity index is 433. The minimum absolute atomic E-state index is 0.0888. The molecule has 0 aliphatic heterocycles. The van der Waals surface area contributed by atoms with E-state index in [1.807, 2.05) is 0 Å². The lowest BCUT2D eigenvalue weighted by Crippen LogP contribution is -2.36. The Hall–Kier alpha value is -1.10. The summed E-state index contributed by atoms with van der Waals surface area (Å²) in [5.41, 5.74) is 0. The smallest absolute Gasteiger partial charge is 0.258 e. The largest absolute Gasteiger partial charge is 0.481 e. The lowest BCUT2D eigenvalue weighted by atomic mass is 10.2. The summed E-state index contributed by atoms with van der Waals surface area (Å²) in [6, 6.07) is 4.65. The van der Waals surface area contributed by atoms with Gasteiger partial charge in [-0.15, -0.1) is 0 Å². The van der Waals surface area contributed by atoms with Crippen molar-refractivity contribution in [3.63, 3.8) is 0 Å². The summed E-state index contributed by atoms with van der Waals surface area (Å²) in [4.78, 5) is 11.6. The third kappa shape index (κ3) is 3.70. The molecule has 1 saturated carbocycles. The second-order valence-electron chi connectivity index (χ2n) is 4.41. The van der Waals surface area contributed by atoms with Gasteiger partial charge in [0.25, 0.3) is 5.91 Å². The predicted molar refractivity (Wildman–Crippen MR) is 70.0 cm³/mol. The highest BCUT2D eigenvalue weighted by atomic mass is 79.9. The molecule has 0 spiro atoms. The van der Waals surface area contributed by atoms with Gasteiger partial charge in [-0.1, -0.05) is 28.8 Å². The van der Waals surface area contributed by atoms with Crippen LogP contribution in [0, 0.1) is 5.82 Å². The van der Waals surface area contributed by atoms with E-state index in [9.17, 15) is 9.18 Å². The molecular formula is C13H15BrFNO2. The van der Waals surface area contributed by atoms with Crippen LogP contribution in [0.15, 0.2) is 22.7 Å². The number of ether oxygens (including phenoxy) is 1. The number of benzene rings is 1. The van der Waals surface area contributed by atoms with Crippen molar-refractivity contribution in [3.05, 3.63) is 28.5 Å².